The zero-order valence-electron chi connectivity index (χ0n) is 16.5. The van der Waals surface area contributed by atoms with E-state index in [0.29, 0.717) is 37.7 Å². The van der Waals surface area contributed by atoms with Crippen molar-refractivity contribution < 1.29 is 22.7 Å². The second-order valence-corrected chi connectivity index (χ2v) is 8.58. The van der Waals surface area contributed by atoms with Crippen LogP contribution in [0.15, 0.2) is 65.6 Å². The molecule has 30 heavy (non-hydrogen) atoms. The van der Waals surface area contributed by atoms with E-state index in [1.807, 2.05) is 30.3 Å². The Hall–Kier alpha value is -3.10. The highest BCUT2D eigenvalue weighted by molar-refractivity contribution is 7.92. The Bertz CT molecular complexity index is 1180. The third-order valence-corrected chi connectivity index (χ3v) is 6.41. The highest BCUT2D eigenvalue weighted by Crippen LogP contribution is 2.28. The van der Waals surface area contributed by atoms with Gasteiger partial charge in [0.05, 0.1) is 36.5 Å². The molecule has 0 unspecified atom stereocenters. The molecule has 4 rings (SSSR count). The van der Waals surface area contributed by atoms with Crippen molar-refractivity contribution in [1.29, 1.82) is 0 Å². The number of anilines is 1. The number of amides is 1. The van der Waals surface area contributed by atoms with Gasteiger partial charge in [0.15, 0.2) is 0 Å². The highest BCUT2D eigenvalue weighted by Gasteiger charge is 2.25. The predicted octanol–water partition coefficient (Wildman–Crippen LogP) is 3.12. The molecule has 1 amide bonds. The molecule has 0 atom stereocenters. The fourth-order valence-electron chi connectivity index (χ4n) is 3.48. The first kappa shape index (κ1) is 20.2. The Labute approximate surface area is 175 Å². The van der Waals surface area contributed by atoms with Gasteiger partial charge in [0.2, 0.25) is 0 Å². The normalized spacial score (nSPS) is 14.5. The van der Waals surface area contributed by atoms with Gasteiger partial charge in [-0.2, -0.15) is 0 Å². The van der Waals surface area contributed by atoms with E-state index in [1.165, 1.54) is 25.3 Å². The molecule has 0 radical (unpaired) electrons. The van der Waals surface area contributed by atoms with Crippen LogP contribution in [0.2, 0.25) is 0 Å². The van der Waals surface area contributed by atoms with Crippen molar-refractivity contribution in [3.63, 3.8) is 0 Å². The average Bonchev–Trinajstić information content (AvgIpc) is 2.79. The summed E-state index contributed by atoms with van der Waals surface area (Å²) >= 11 is 0. The van der Waals surface area contributed by atoms with Gasteiger partial charge in [-0.3, -0.25) is 9.52 Å². The minimum absolute atomic E-state index is 0.00663. The predicted molar refractivity (Wildman–Crippen MR) is 114 cm³/mol. The number of carbonyl (C=O) groups is 1. The van der Waals surface area contributed by atoms with Crippen molar-refractivity contribution in [3.05, 3.63) is 66.2 Å². The van der Waals surface area contributed by atoms with Crippen LogP contribution >= 0.6 is 0 Å². The molecule has 156 valence electrons. The first-order valence-electron chi connectivity index (χ1n) is 9.55. The highest BCUT2D eigenvalue weighted by atomic mass is 32.2. The number of rotatable bonds is 5. The largest absolute Gasteiger partial charge is 0.496 e. The van der Waals surface area contributed by atoms with Crippen LogP contribution in [0.5, 0.6) is 5.75 Å². The number of hydrogen-bond donors (Lipinski definition) is 1. The maximum Gasteiger partial charge on any atom is 0.261 e. The molecule has 3 aromatic rings. The summed E-state index contributed by atoms with van der Waals surface area (Å²) in [4.78, 5) is 14.6. The number of nitrogens with zero attached hydrogens (tertiary/aromatic N) is 1. The Kier molecular flexibility index (Phi) is 5.61. The number of morpholine rings is 1. The summed E-state index contributed by atoms with van der Waals surface area (Å²) in [6, 6.07) is 17.2. The zero-order chi connectivity index (χ0) is 21.1. The Morgan fingerprint density at radius 2 is 1.77 bits per heavy atom. The van der Waals surface area contributed by atoms with E-state index in [2.05, 4.69) is 4.72 Å². The number of fused-ring (bicyclic) bond motifs is 1. The van der Waals surface area contributed by atoms with Gasteiger partial charge in [-0.15, -0.1) is 0 Å². The fourth-order valence-corrected chi connectivity index (χ4v) is 4.58. The molecule has 3 aromatic carbocycles. The standard InChI is InChI=1S/C22H22N2O5S/c1-28-21-10-9-17(15-19(21)22(25)24-11-13-29-14-12-24)30(26,27)23-20-8-4-6-16-5-2-3-7-18(16)20/h2-10,15,23H,11-14H2,1H3. The molecule has 0 bridgehead atoms. The molecule has 0 aliphatic carbocycles. The fraction of sp³-hybridized carbons (Fsp3) is 0.227. The van der Waals surface area contributed by atoms with Gasteiger partial charge >= 0.3 is 0 Å². The van der Waals surface area contributed by atoms with Crippen molar-refractivity contribution in [2.24, 2.45) is 0 Å². The van der Waals surface area contributed by atoms with E-state index in [1.54, 1.807) is 17.0 Å². The number of ether oxygens (including phenoxy) is 2. The summed E-state index contributed by atoms with van der Waals surface area (Å²) in [5.41, 5.74) is 0.685. The van der Waals surface area contributed by atoms with E-state index in [9.17, 15) is 13.2 Å². The Morgan fingerprint density at radius 1 is 1.03 bits per heavy atom. The molecule has 0 aromatic heterocycles. The van der Waals surface area contributed by atoms with Crippen molar-refractivity contribution >= 4 is 32.4 Å². The second kappa shape index (κ2) is 8.33. The SMILES string of the molecule is COc1ccc(S(=O)(=O)Nc2cccc3ccccc23)cc1C(=O)N1CCOCC1. The molecule has 1 fully saturated rings. The van der Waals surface area contributed by atoms with Gasteiger partial charge < -0.3 is 14.4 Å². The smallest absolute Gasteiger partial charge is 0.261 e. The number of hydrogen-bond acceptors (Lipinski definition) is 5. The van der Waals surface area contributed by atoms with E-state index in [4.69, 9.17) is 9.47 Å². The third kappa shape index (κ3) is 3.96. The van der Waals surface area contributed by atoms with Crippen LogP contribution < -0.4 is 9.46 Å². The van der Waals surface area contributed by atoms with E-state index >= 15 is 0 Å². The maximum absolute atomic E-state index is 13.1. The van der Waals surface area contributed by atoms with E-state index < -0.39 is 10.0 Å². The second-order valence-electron chi connectivity index (χ2n) is 6.90. The van der Waals surface area contributed by atoms with Crippen LogP contribution in [0.3, 0.4) is 0 Å². The van der Waals surface area contributed by atoms with Gasteiger partial charge in [0.1, 0.15) is 5.75 Å². The van der Waals surface area contributed by atoms with E-state index in [-0.39, 0.29) is 16.4 Å². The lowest BCUT2D eigenvalue weighted by Gasteiger charge is -2.27. The van der Waals surface area contributed by atoms with Crippen molar-refractivity contribution in [2.45, 2.75) is 4.90 Å². The van der Waals surface area contributed by atoms with Gasteiger partial charge in [-0.05, 0) is 29.7 Å². The lowest BCUT2D eigenvalue weighted by Crippen LogP contribution is -2.40. The summed E-state index contributed by atoms with van der Waals surface area (Å²) in [7, 11) is -2.47. The Balaban J connectivity index is 1.69. The first-order chi connectivity index (χ1) is 14.5. The Morgan fingerprint density at radius 3 is 2.53 bits per heavy atom. The molecule has 1 saturated heterocycles. The van der Waals surface area contributed by atoms with Crippen LogP contribution in [0.25, 0.3) is 10.8 Å². The number of methoxy groups -OCH3 is 1. The van der Waals surface area contributed by atoms with Crippen LogP contribution in [0.4, 0.5) is 5.69 Å². The summed E-state index contributed by atoms with van der Waals surface area (Å²) in [5.74, 6) is 0.0490. The van der Waals surface area contributed by atoms with Crippen molar-refractivity contribution in [1.82, 2.24) is 4.90 Å². The summed E-state index contributed by atoms with van der Waals surface area (Å²) in [6.07, 6.45) is 0. The lowest BCUT2D eigenvalue weighted by atomic mass is 10.1. The lowest BCUT2D eigenvalue weighted by molar-refractivity contribution is 0.0300. The van der Waals surface area contributed by atoms with E-state index in [0.717, 1.165) is 10.8 Å². The maximum atomic E-state index is 13.1. The molecular formula is C22H22N2O5S. The molecule has 1 N–H and O–H groups in total. The first-order valence-corrected chi connectivity index (χ1v) is 11.0. The van der Waals surface area contributed by atoms with Crippen LogP contribution in [0, 0.1) is 0 Å². The molecule has 1 heterocycles. The monoisotopic (exact) mass is 426 g/mol. The zero-order valence-corrected chi connectivity index (χ0v) is 17.3. The summed E-state index contributed by atoms with van der Waals surface area (Å²) < 4.78 is 39.4. The molecule has 7 nitrogen and oxygen atoms in total. The topological polar surface area (TPSA) is 84.9 Å². The number of sulfonamides is 1. The van der Waals surface area contributed by atoms with Gasteiger partial charge in [-0.25, -0.2) is 8.42 Å². The average molecular weight is 426 g/mol. The molecule has 1 aliphatic rings. The van der Waals surface area contributed by atoms with Crippen LogP contribution in [0.1, 0.15) is 10.4 Å². The molecule has 1 aliphatic heterocycles. The quantitative estimate of drug-likeness (QED) is 0.678. The number of benzene rings is 3. The number of carbonyl (C=O) groups excluding carboxylic acids is 1. The number of nitrogens with one attached hydrogen (secondary N) is 1. The summed E-state index contributed by atoms with van der Waals surface area (Å²) in [6.45, 7) is 1.81. The van der Waals surface area contributed by atoms with Gasteiger partial charge in [-0.1, -0.05) is 36.4 Å². The molecule has 8 heteroatoms. The third-order valence-electron chi connectivity index (χ3n) is 5.04. The molecule has 0 spiro atoms. The minimum atomic E-state index is -3.92. The van der Waals surface area contributed by atoms with Crippen LogP contribution in [-0.4, -0.2) is 52.6 Å². The minimum Gasteiger partial charge on any atom is -0.496 e. The van der Waals surface area contributed by atoms with Gasteiger partial charge in [0, 0.05) is 18.5 Å². The van der Waals surface area contributed by atoms with Gasteiger partial charge in [0.25, 0.3) is 15.9 Å². The molecule has 0 saturated carbocycles. The van der Waals surface area contributed by atoms with Crippen LogP contribution in [-0.2, 0) is 14.8 Å². The van der Waals surface area contributed by atoms with Crippen molar-refractivity contribution in [2.75, 3.05) is 38.1 Å². The van der Waals surface area contributed by atoms with Crippen molar-refractivity contribution in [3.8, 4) is 5.75 Å². The summed E-state index contributed by atoms with van der Waals surface area (Å²) in [5, 5.41) is 1.72. The molecular weight excluding hydrogens is 404 g/mol.